The Morgan fingerprint density at radius 1 is 1.34 bits per heavy atom. The standard InChI is InChI=1S/C23H26F2N6O/c1-14-17(12-26)19-28-21(23(3,24)25)29-31(19)20(30-10-9-22(2,13-30)27-4)18(14)15-7-6-8-16(11-15)32-5/h6-8,11,27H,9-10,13H2,1-5H3/t22-/m0/s1. The number of halogens is 2. The largest absolute Gasteiger partial charge is 0.497 e. The summed E-state index contributed by atoms with van der Waals surface area (Å²) in [6.07, 6.45) is 0.868. The van der Waals surface area contributed by atoms with E-state index in [1.165, 1.54) is 4.52 Å². The van der Waals surface area contributed by atoms with Crippen LogP contribution in [0.15, 0.2) is 24.3 Å². The van der Waals surface area contributed by atoms with Crippen LogP contribution in [0.5, 0.6) is 5.75 Å². The highest BCUT2D eigenvalue weighted by Crippen LogP contribution is 2.41. The molecule has 0 amide bonds. The van der Waals surface area contributed by atoms with E-state index < -0.39 is 11.7 Å². The number of nitriles is 1. The lowest BCUT2D eigenvalue weighted by atomic mass is 9.97. The normalized spacial score (nSPS) is 18.9. The Morgan fingerprint density at radius 3 is 2.69 bits per heavy atom. The molecule has 2 aromatic heterocycles. The van der Waals surface area contributed by atoms with Gasteiger partial charge in [-0.2, -0.15) is 18.6 Å². The molecule has 1 aromatic carbocycles. The highest BCUT2D eigenvalue weighted by Gasteiger charge is 2.37. The monoisotopic (exact) mass is 440 g/mol. The van der Waals surface area contributed by atoms with Crippen LogP contribution in [0.25, 0.3) is 16.8 Å². The third kappa shape index (κ3) is 3.54. The number of methoxy groups -OCH3 is 1. The van der Waals surface area contributed by atoms with Crippen molar-refractivity contribution in [2.75, 3.05) is 32.1 Å². The number of alkyl halides is 2. The van der Waals surface area contributed by atoms with Crippen LogP contribution in [-0.2, 0) is 5.92 Å². The van der Waals surface area contributed by atoms with Gasteiger partial charge in [0.25, 0.3) is 0 Å². The van der Waals surface area contributed by atoms with Gasteiger partial charge in [0.1, 0.15) is 23.2 Å². The van der Waals surface area contributed by atoms with Gasteiger partial charge in [-0.05, 0) is 50.6 Å². The van der Waals surface area contributed by atoms with Crippen molar-refractivity contribution in [1.82, 2.24) is 19.9 Å². The van der Waals surface area contributed by atoms with Crippen molar-refractivity contribution < 1.29 is 13.5 Å². The van der Waals surface area contributed by atoms with Gasteiger partial charge in [0, 0.05) is 31.1 Å². The molecule has 1 fully saturated rings. The summed E-state index contributed by atoms with van der Waals surface area (Å²) < 4.78 is 35.2. The molecular weight excluding hydrogens is 414 g/mol. The predicted molar refractivity (Wildman–Crippen MR) is 118 cm³/mol. The zero-order valence-corrected chi connectivity index (χ0v) is 18.8. The van der Waals surface area contributed by atoms with E-state index in [4.69, 9.17) is 4.74 Å². The minimum Gasteiger partial charge on any atom is -0.497 e. The topological polar surface area (TPSA) is 78.5 Å². The minimum absolute atomic E-state index is 0.140. The minimum atomic E-state index is -3.23. The molecule has 0 spiro atoms. The Morgan fingerprint density at radius 2 is 2.09 bits per heavy atom. The molecule has 0 aliphatic carbocycles. The summed E-state index contributed by atoms with van der Waals surface area (Å²) in [7, 11) is 3.50. The molecule has 0 bridgehead atoms. The lowest BCUT2D eigenvalue weighted by Gasteiger charge is -2.28. The number of rotatable bonds is 5. The zero-order valence-electron chi connectivity index (χ0n) is 18.8. The molecule has 32 heavy (non-hydrogen) atoms. The lowest BCUT2D eigenvalue weighted by molar-refractivity contribution is 0.00801. The van der Waals surface area contributed by atoms with Crippen LogP contribution in [0, 0.1) is 18.3 Å². The Bertz CT molecular complexity index is 1230. The van der Waals surface area contributed by atoms with Gasteiger partial charge in [-0.1, -0.05) is 12.1 Å². The zero-order chi connectivity index (χ0) is 23.3. The van der Waals surface area contributed by atoms with Crippen LogP contribution < -0.4 is 15.0 Å². The first-order chi connectivity index (χ1) is 15.1. The fraction of sp³-hybridized carbons (Fsp3) is 0.435. The number of likely N-dealkylation sites (N-methyl/N-ethyl adjacent to an activating group) is 1. The third-order valence-electron chi connectivity index (χ3n) is 6.24. The number of pyridine rings is 1. The molecule has 0 unspecified atom stereocenters. The first-order valence-corrected chi connectivity index (χ1v) is 10.4. The van der Waals surface area contributed by atoms with Gasteiger partial charge in [-0.3, -0.25) is 0 Å². The highest BCUT2D eigenvalue weighted by molar-refractivity contribution is 5.85. The summed E-state index contributed by atoms with van der Waals surface area (Å²) in [6, 6.07) is 9.65. The SMILES string of the molecule is CN[C@@]1(C)CCN(c2c(-c3cccc(OC)c3)c(C)c(C#N)c3nc(C(C)(F)F)nn23)C1. The van der Waals surface area contributed by atoms with E-state index in [1.807, 2.05) is 38.2 Å². The van der Waals surface area contributed by atoms with Gasteiger partial charge in [0.2, 0.25) is 5.82 Å². The summed E-state index contributed by atoms with van der Waals surface area (Å²) >= 11 is 0. The summed E-state index contributed by atoms with van der Waals surface area (Å²) in [5, 5.41) is 17.5. The van der Waals surface area contributed by atoms with Crippen molar-refractivity contribution in [1.29, 1.82) is 5.26 Å². The van der Waals surface area contributed by atoms with Crippen LogP contribution in [0.4, 0.5) is 14.6 Å². The van der Waals surface area contributed by atoms with Crippen molar-refractivity contribution in [2.24, 2.45) is 0 Å². The average molecular weight is 440 g/mol. The molecule has 1 N–H and O–H groups in total. The number of fused-ring (bicyclic) bond motifs is 1. The molecule has 7 nitrogen and oxygen atoms in total. The third-order valence-corrected chi connectivity index (χ3v) is 6.24. The van der Waals surface area contributed by atoms with E-state index in [9.17, 15) is 14.0 Å². The number of hydrogen-bond donors (Lipinski definition) is 1. The van der Waals surface area contributed by atoms with Crippen LogP contribution in [0.1, 0.15) is 37.2 Å². The average Bonchev–Trinajstić information content (AvgIpc) is 3.38. The predicted octanol–water partition coefficient (Wildman–Crippen LogP) is 3.88. The van der Waals surface area contributed by atoms with Gasteiger partial charge in [0.15, 0.2) is 5.65 Å². The van der Waals surface area contributed by atoms with E-state index in [-0.39, 0.29) is 16.7 Å². The second-order valence-electron chi connectivity index (χ2n) is 8.58. The number of nitrogens with zero attached hydrogens (tertiary/aromatic N) is 5. The van der Waals surface area contributed by atoms with Crippen molar-refractivity contribution >= 4 is 11.5 Å². The van der Waals surface area contributed by atoms with Crippen molar-refractivity contribution in [2.45, 2.75) is 38.7 Å². The van der Waals surface area contributed by atoms with Gasteiger partial charge >= 0.3 is 5.92 Å². The fourth-order valence-corrected chi connectivity index (χ4v) is 4.27. The van der Waals surface area contributed by atoms with Crippen LogP contribution >= 0.6 is 0 Å². The second kappa shape index (κ2) is 7.71. The molecule has 4 rings (SSSR count). The molecule has 1 saturated heterocycles. The molecule has 9 heteroatoms. The quantitative estimate of drug-likeness (QED) is 0.649. The number of benzene rings is 1. The maximum atomic E-state index is 14.2. The molecular formula is C23H26F2N6O. The van der Waals surface area contributed by atoms with Gasteiger partial charge < -0.3 is 15.0 Å². The van der Waals surface area contributed by atoms with E-state index in [0.717, 1.165) is 24.5 Å². The molecule has 0 saturated carbocycles. The molecule has 1 atom stereocenters. The Balaban J connectivity index is 2.09. The number of hydrogen-bond acceptors (Lipinski definition) is 6. The van der Waals surface area contributed by atoms with Crippen molar-refractivity contribution in [3.8, 4) is 22.9 Å². The summed E-state index contributed by atoms with van der Waals surface area (Å²) in [5.41, 5.74) is 2.46. The molecule has 3 heterocycles. The molecule has 0 radical (unpaired) electrons. The van der Waals surface area contributed by atoms with Crippen molar-refractivity contribution in [3.05, 3.63) is 41.2 Å². The first kappa shape index (κ1) is 22.0. The first-order valence-electron chi connectivity index (χ1n) is 10.4. The van der Waals surface area contributed by atoms with Crippen LogP contribution in [0.3, 0.4) is 0 Å². The maximum absolute atomic E-state index is 14.2. The summed E-state index contributed by atoms with van der Waals surface area (Å²) in [6.45, 7) is 6.06. The van der Waals surface area contributed by atoms with Gasteiger partial charge in [-0.25, -0.2) is 4.98 Å². The maximum Gasteiger partial charge on any atom is 0.305 e. The number of ether oxygens (including phenoxy) is 1. The second-order valence-corrected chi connectivity index (χ2v) is 8.58. The van der Waals surface area contributed by atoms with E-state index >= 15 is 0 Å². The molecule has 168 valence electrons. The Kier molecular flexibility index (Phi) is 5.29. The molecule has 3 aromatic rings. The smallest absolute Gasteiger partial charge is 0.305 e. The van der Waals surface area contributed by atoms with Gasteiger partial charge in [-0.15, -0.1) is 5.10 Å². The van der Waals surface area contributed by atoms with E-state index in [2.05, 4.69) is 33.3 Å². The number of nitrogens with one attached hydrogen (secondary N) is 1. The number of anilines is 1. The lowest BCUT2D eigenvalue weighted by Crippen LogP contribution is -2.42. The molecule has 1 aliphatic heterocycles. The number of aromatic nitrogens is 3. The highest BCUT2D eigenvalue weighted by atomic mass is 19.3. The summed E-state index contributed by atoms with van der Waals surface area (Å²) in [5.74, 6) is -2.53. The Labute approximate surface area is 185 Å². The molecule has 1 aliphatic rings. The van der Waals surface area contributed by atoms with E-state index in [1.54, 1.807) is 7.11 Å². The van der Waals surface area contributed by atoms with Gasteiger partial charge in [0.05, 0.1) is 7.11 Å². The van der Waals surface area contributed by atoms with Crippen LogP contribution in [0.2, 0.25) is 0 Å². The Hall–Kier alpha value is -3.25. The van der Waals surface area contributed by atoms with Crippen molar-refractivity contribution in [3.63, 3.8) is 0 Å². The summed E-state index contributed by atoms with van der Waals surface area (Å²) in [4.78, 5) is 6.21. The fourth-order valence-electron chi connectivity index (χ4n) is 4.27. The van der Waals surface area contributed by atoms with E-state index in [0.29, 0.717) is 30.2 Å². The van der Waals surface area contributed by atoms with Crippen LogP contribution in [-0.4, -0.2) is 47.4 Å².